The molecule has 3 aliphatic heterocycles. The van der Waals surface area contributed by atoms with Crippen LogP contribution in [0.15, 0.2) is 42.9 Å². The number of hydrogen-bond donors (Lipinski definition) is 0. The van der Waals surface area contributed by atoms with Gasteiger partial charge in [0.05, 0.1) is 25.3 Å². The minimum Gasteiger partial charge on any atom is -0.378 e. The molecule has 0 N–H and O–H groups in total. The average molecular weight is 418 g/mol. The molecule has 3 fully saturated rings. The normalized spacial score (nSPS) is 24.1. The van der Waals surface area contributed by atoms with Gasteiger partial charge in [0.2, 0.25) is 0 Å². The highest BCUT2D eigenvalue weighted by molar-refractivity contribution is 5.91. The lowest BCUT2D eigenvalue weighted by Crippen LogP contribution is -2.37. The summed E-state index contributed by atoms with van der Waals surface area (Å²) < 4.78 is 5.54. The molecule has 0 amide bonds. The van der Waals surface area contributed by atoms with Crippen molar-refractivity contribution in [3.05, 3.63) is 48.7 Å². The highest BCUT2D eigenvalue weighted by atomic mass is 16.5. The van der Waals surface area contributed by atoms with Gasteiger partial charge in [0.15, 0.2) is 0 Å². The summed E-state index contributed by atoms with van der Waals surface area (Å²) >= 11 is 0. The van der Waals surface area contributed by atoms with Crippen LogP contribution in [-0.4, -0.2) is 76.8 Å². The molecule has 0 aliphatic carbocycles. The molecular formula is C23H27N7O. The maximum absolute atomic E-state index is 5.54. The van der Waals surface area contributed by atoms with E-state index in [2.05, 4.69) is 41.8 Å². The van der Waals surface area contributed by atoms with Gasteiger partial charge in [-0.3, -0.25) is 9.88 Å². The van der Waals surface area contributed by atoms with Crippen LogP contribution < -0.4 is 9.80 Å². The fourth-order valence-corrected chi connectivity index (χ4v) is 5.25. The second-order valence-corrected chi connectivity index (χ2v) is 8.63. The van der Waals surface area contributed by atoms with E-state index in [0.29, 0.717) is 12.0 Å². The third kappa shape index (κ3) is 3.59. The Balaban J connectivity index is 1.29. The van der Waals surface area contributed by atoms with Crippen LogP contribution in [0.1, 0.15) is 12.2 Å². The van der Waals surface area contributed by atoms with Crippen LogP contribution in [0, 0.1) is 5.92 Å². The lowest BCUT2D eigenvalue weighted by molar-refractivity contribution is 0.122. The van der Waals surface area contributed by atoms with E-state index in [9.17, 15) is 0 Å². The first-order chi connectivity index (χ1) is 15.3. The minimum absolute atomic E-state index is 0.518. The monoisotopic (exact) mass is 417 g/mol. The van der Waals surface area contributed by atoms with E-state index in [-0.39, 0.29) is 0 Å². The zero-order valence-electron chi connectivity index (χ0n) is 17.6. The maximum Gasteiger partial charge on any atom is 0.142 e. The molecule has 0 spiro atoms. The molecule has 0 radical (unpaired) electrons. The topological polar surface area (TPSA) is 70.5 Å². The fourth-order valence-electron chi connectivity index (χ4n) is 5.25. The third-order valence-corrected chi connectivity index (χ3v) is 6.83. The van der Waals surface area contributed by atoms with Gasteiger partial charge in [-0.05, 0) is 37.1 Å². The second-order valence-electron chi connectivity index (χ2n) is 8.63. The zero-order chi connectivity index (χ0) is 20.6. The van der Waals surface area contributed by atoms with E-state index in [0.717, 1.165) is 80.8 Å². The van der Waals surface area contributed by atoms with E-state index >= 15 is 0 Å². The molecule has 3 saturated heterocycles. The number of anilines is 2. The standard InChI is InChI=1S/C23H27N7O/c1-3-18-19(24-5-1)13-22(28-9-11-31-12-10-28)27-23(18)30-14-17-4-8-29(20(17)15-30)16-21-25-6-2-7-26-21/h1-3,5-7,13,17,20H,4,8-12,14-16H2. The van der Waals surface area contributed by atoms with Crippen molar-refractivity contribution in [2.24, 2.45) is 5.92 Å². The maximum atomic E-state index is 5.54. The molecular weight excluding hydrogens is 390 g/mol. The Kier molecular flexibility index (Phi) is 4.88. The molecule has 3 aromatic heterocycles. The number of pyridine rings is 2. The molecule has 0 saturated carbocycles. The summed E-state index contributed by atoms with van der Waals surface area (Å²) in [7, 11) is 0. The molecule has 2 atom stereocenters. The van der Waals surface area contributed by atoms with Crippen LogP contribution in [-0.2, 0) is 11.3 Å². The number of likely N-dealkylation sites (tertiary alicyclic amines) is 1. The first-order valence-electron chi connectivity index (χ1n) is 11.2. The van der Waals surface area contributed by atoms with E-state index in [1.54, 1.807) is 0 Å². The van der Waals surface area contributed by atoms with Crippen LogP contribution in [0.4, 0.5) is 11.6 Å². The summed E-state index contributed by atoms with van der Waals surface area (Å²) in [5.74, 6) is 3.64. The molecule has 0 bridgehead atoms. The Morgan fingerprint density at radius 1 is 0.935 bits per heavy atom. The smallest absolute Gasteiger partial charge is 0.142 e. The number of rotatable bonds is 4. The van der Waals surface area contributed by atoms with Crippen LogP contribution >= 0.6 is 0 Å². The van der Waals surface area contributed by atoms with E-state index < -0.39 is 0 Å². The van der Waals surface area contributed by atoms with E-state index in [4.69, 9.17) is 9.72 Å². The molecule has 2 unspecified atom stereocenters. The van der Waals surface area contributed by atoms with Crippen molar-refractivity contribution in [3.8, 4) is 0 Å². The van der Waals surface area contributed by atoms with Crippen molar-refractivity contribution < 1.29 is 4.74 Å². The van der Waals surface area contributed by atoms with Crippen LogP contribution in [0.2, 0.25) is 0 Å². The third-order valence-electron chi connectivity index (χ3n) is 6.83. The lowest BCUT2D eigenvalue weighted by Gasteiger charge is -2.30. The Hall–Kier alpha value is -2.84. The summed E-state index contributed by atoms with van der Waals surface area (Å²) in [6, 6.07) is 8.68. The molecule has 6 heterocycles. The number of aromatic nitrogens is 4. The van der Waals surface area contributed by atoms with Gasteiger partial charge in [-0.15, -0.1) is 0 Å². The zero-order valence-corrected chi connectivity index (χ0v) is 17.6. The quantitative estimate of drug-likeness (QED) is 0.638. The van der Waals surface area contributed by atoms with Crippen LogP contribution in [0.5, 0.6) is 0 Å². The Labute approximate surface area is 181 Å². The summed E-state index contributed by atoms with van der Waals surface area (Å²) in [5.41, 5.74) is 1.01. The molecule has 31 heavy (non-hydrogen) atoms. The lowest BCUT2D eigenvalue weighted by atomic mass is 10.1. The highest BCUT2D eigenvalue weighted by Gasteiger charge is 2.42. The van der Waals surface area contributed by atoms with Crippen molar-refractivity contribution >= 4 is 22.5 Å². The van der Waals surface area contributed by atoms with Crippen molar-refractivity contribution in [3.63, 3.8) is 0 Å². The number of fused-ring (bicyclic) bond motifs is 2. The van der Waals surface area contributed by atoms with E-state index in [1.165, 1.54) is 6.42 Å². The van der Waals surface area contributed by atoms with Crippen molar-refractivity contribution in [1.29, 1.82) is 0 Å². The van der Waals surface area contributed by atoms with Crippen molar-refractivity contribution in [2.75, 3.05) is 55.7 Å². The Bertz CT molecular complexity index is 1060. The van der Waals surface area contributed by atoms with Gasteiger partial charge in [-0.1, -0.05) is 0 Å². The first-order valence-corrected chi connectivity index (χ1v) is 11.2. The summed E-state index contributed by atoms with van der Waals surface area (Å²) in [6.45, 7) is 7.22. The predicted octanol–water partition coefficient (Wildman–Crippen LogP) is 1.97. The molecule has 160 valence electrons. The van der Waals surface area contributed by atoms with Crippen LogP contribution in [0.3, 0.4) is 0 Å². The van der Waals surface area contributed by atoms with E-state index in [1.807, 2.05) is 30.7 Å². The number of ether oxygens (including phenoxy) is 1. The molecule has 6 rings (SSSR count). The van der Waals surface area contributed by atoms with Gasteiger partial charge in [-0.25, -0.2) is 15.0 Å². The van der Waals surface area contributed by atoms with Crippen molar-refractivity contribution in [2.45, 2.75) is 19.0 Å². The Morgan fingerprint density at radius 2 is 1.77 bits per heavy atom. The molecule has 8 heteroatoms. The SMILES string of the molecule is c1cnc(CN2CCC3CN(c4nc(N5CCOCC5)cc5ncccc45)CC32)nc1. The van der Waals surface area contributed by atoms with Gasteiger partial charge in [0.25, 0.3) is 0 Å². The van der Waals surface area contributed by atoms with Crippen molar-refractivity contribution in [1.82, 2.24) is 24.8 Å². The molecule has 0 aromatic carbocycles. The summed E-state index contributed by atoms with van der Waals surface area (Å²) in [5, 5.41) is 1.14. The highest BCUT2D eigenvalue weighted by Crippen LogP contribution is 2.37. The Morgan fingerprint density at radius 3 is 2.65 bits per heavy atom. The van der Waals surface area contributed by atoms with Gasteiger partial charge in [0, 0.05) is 62.3 Å². The number of morpholine rings is 1. The average Bonchev–Trinajstić information content (AvgIpc) is 3.41. The summed E-state index contributed by atoms with van der Waals surface area (Å²) in [4.78, 5) is 26.0. The van der Waals surface area contributed by atoms with Gasteiger partial charge < -0.3 is 14.5 Å². The van der Waals surface area contributed by atoms with Gasteiger partial charge >= 0.3 is 0 Å². The molecule has 8 nitrogen and oxygen atoms in total. The summed E-state index contributed by atoms with van der Waals surface area (Å²) in [6.07, 6.45) is 6.75. The number of nitrogens with zero attached hydrogens (tertiary/aromatic N) is 7. The van der Waals surface area contributed by atoms with Gasteiger partial charge in [0.1, 0.15) is 17.5 Å². The minimum atomic E-state index is 0.518. The first kappa shape index (κ1) is 18.9. The predicted molar refractivity (Wildman–Crippen MR) is 119 cm³/mol. The number of hydrogen-bond acceptors (Lipinski definition) is 8. The van der Waals surface area contributed by atoms with Gasteiger partial charge in [-0.2, -0.15) is 0 Å². The van der Waals surface area contributed by atoms with Crippen LogP contribution in [0.25, 0.3) is 10.9 Å². The largest absolute Gasteiger partial charge is 0.378 e. The molecule has 3 aromatic rings. The molecule has 3 aliphatic rings. The fraction of sp³-hybridized carbons (Fsp3) is 0.478. The second kappa shape index (κ2) is 8.01.